The molecule has 24 heavy (non-hydrogen) atoms. The van der Waals surface area contributed by atoms with E-state index in [9.17, 15) is 9.59 Å². The van der Waals surface area contributed by atoms with Gasteiger partial charge in [-0.1, -0.05) is 6.07 Å². The summed E-state index contributed by atoms with van der Waals surface area (Å²) in [6, 6.07) is 6.34. The molecule has 6 heteroatoms. The van der Waals surface area contributed by atoms with Gasteiger partial charge < -0.3 is 15.0 Å². The number of anilines is 1. The summed E-state index contributed by atoms with van der Waals surface area (Å²) in [5.41, 5.74) is 1.23. The first-order chi connectivity index (χ1) is 11.5. The van der Waals surface area contributed by atoms with Crippen LogP contribution in [0, 0.1) is 0 Å². The summed E-state index contributed by atoms with van der Waals surface area (Å²) >= 11 is 0. The maximum Gasteiger partial charge on any atom is 0.236 e. The lowest BCUT2D eigenvalue weighted by molar-refractivity contribution is -0.137. The Morgan fingerprint density at radius 1 is 1.33 bits per heavy atom. The van der Waals surface area contributed by atoms with Crippen molar-refractivity contribution in [3.8, 4) is 5.75 Å². The van der Waals surface area contributed by atoms with Crippen LogP contribution < -0.4 is 20.3 Å². The van der Waals surface area contributed by atoms with Crippen LogP contribution in [0.15, 0.2) is 18.2 Å². The van der Waals surface area contributed by atoms with Crippen molar-refractivity contribution in [2.24, 2.45) is 0 Å². The van der Waals surface area contributed by atoms with Gasteiger partial charge in [0.05, 0.1) is 18.2 Å². The number of piperazine rings is 1. The average Bonchev–Trinajstić information content (AvgIpc) is 2.58. The van der Waals surface area contributed by atoms with Crippen LogP contribution >= 0.6 is 0 Å². The molecule has 6 nitrogen and oxygen atoms in total. The van der Waals surface area contributed by atoms with Gasteiger partial charge in [-0.2, -0.15) is 0 Å². The third-order valence-electron chi connectivity index (χ3n) is 5.23. The number of carbonyl (C=O) groups excluding carboxylic acids is 2. The van der Waals surface area contributed by atoms with Gasteiger partial charge in [0.25, 0.3) is 0 Å². The fraction of sp³-hybridized carbons (Fsp3) is 0.556. The van der Waals surface area contributed by atoms with Crippen LogP contribution in [-0.4, -0.2) is 44.6 Å². The van der Waals surface area contributed by atoms with Crippen LogP contribution in [0.25, 0.3) is 0 Å². The number of piperidine rings is 1. The molecule has 2 amide bonds. The van der Waals surface area contributed by atoms with Crippen molar-refractivity contribution >= 4 is 17.5 Å². The van der Waals surface area contributed by atoms with Gasteiger partial charge in [-0.15, -0.1) is 0 Å². The van der Waals surface area contributed by atoms with Gasteiger partial charge in [0, 0.05) is 32.1 Å². The highest BCUT2D eigenvalue weighted by atomic mass is 16.5. The summed E-state index contributed by atoms with van der Waals surface area (Å²) in [6.07, 6.45) is 0.880. The van der Waals surface area contributed by atoms with Gasteiger partial charge in [-0.3, -0.25) is 14.9 Å². The Kier molecular flexibility index (Phi) is 4.49. The van der Waals surface area contributed by atoms with E-state index < -0.39 is 5.41 Å². The minimum absolute atomic E-state index is 0.198. The minimum Gasteiger partial charge on any atom is -0.495 e. The Bertz CT molecular complexity index is 661. The van der Waals surface area contributed by atoms with Gasteiger partial charge in [0.2, 0.25) is 11.8 Å². The quantitative estimate of drug-likeness (QED) is 0.814. The lowest BCUT2D eigenvalue weighted by Crippen LogP contribution is -2.50. The largest absolute Gasteiger partial charge is 0.495 e. The zero-order valence-corrected chi connectivity index (χ0v) is 14.5. The number of amides is 2. The average molecular weight is 331 g/mol. The van der Waals surface area contributed by atoms with Crippen LogP contribution in [-0.2, 0) is 15.0 Å². The summed E-state index contributed by atoms with van der Waals surface area (Å²) in [4.78, 5) is 26.1. The molecule has 0 bridgehead atoms. The van der Waals surface area contributed by atoms with Crippen molar-refractivity contribution in [2.75, 3.05) is 31.6 Å². The van der Waals surface area contributed by atoms with Crippen molar-refractivity contribution in [1.82, 2.24) is 10.6 Å². The second-order valence-electron chi connectivity index (χ2n) is 6.84. The predicted molar refractivity (Wildman–Crippen MR) is 92.4 cm³/mol. The molecule has 2 aliphatic rings. The van der Waals surface area contributed by atoms with Gasteiger partial charge >= 0.3 is 0 Å². The Morgan fingerprint density at radius 3 is 2.79 bits per heavy atom. The Hall–Kier alpha value is -2.08. The fourth-order valence-electron chi connectivity index (χ4n) is 3.54. The first-order valence-corrected chi connectivity index (χ1v) is 8.46. The number of nitrogens with one attached hydrogen (secondary N) is 2. The smallest absolute Gasteiger partial charge is 0.236 e. The third kappa shape index (κ3) is 2.86. The molecule has 2 heterocycles. The normalized spacial score (nSPS) is 27.8. The molecule has 2 N–H and O–H groups in total. The van der Waals surface area contributed by atoms with E-state index in [0.29, 0.717) is 18.9 Å². The molecule has 2 fully saturated rings. The fourth-order valence-corrected chi connectivity index (χ4v) is 3.54. The number of hydrogen-bond donors (Lipinski definition) is 2. The van der Waals surface area contributed by atoms with Gasteiger partial charge in [-0.25, -0.2) is 0 Å². The molecule has 0 radical (unpaired) electrons. The number of hydrogen-bond acceptors (Lipinski definition) is 5. The summed E-state index contributed by atoms with van der Waals surface area (Å²) < 4.78 is 5.62. The van der Waals surface area contributed by atoms with E-state index in [4.69, 9.17) is 4.74 Å². The molecule has 0 saturated carbocycles. The van der Waals surface area contributed by atoms with E-state index in [0.717, 1.165) is 36.6 Å². The molecule has 2 saturated heterocycles. The molecule has 0 aromatic heterocycles. The van der Waals surface area contributed by atoms with Crippen molar-refractivity contribution in [3.05, 3.63) is 23.8 Å². The summed E-state index contributed by atoms with van der Waals surface area (Å²) in [7, 11) is 1.66. The van der Waals surface area contributed by atoms with E-state index in [1.54, 1.807) is 7.11 Å². The molecule has 3 rings (SSSR count). The zero-order chi connectivity index (χ0) is 17.3. The summed E-state index contributed by atoms with van der Waals surface area (Å²) in [5.74, 6) is 0.340. The second-order valence-corrected chi connectivity index (χ2v) is 6.84. The van der Waals surface area contributed by atoms with Crippen LogP contribution in [0.1, 0.15) is 32.3 Å². The number of imide groups is 1. The highest BCUT2D eigenvalue weighted by molar-refractivity contribution is 6.03. The maximum absolute atomic E-state index is 12.4. The van der Waals surface area contributed by atoms with E-state index in [1.807, 2.05) is 25.1 Å². The van der Waals surface area contributed by atoms with E-state index >= 15 is 0 Å². The Balaban J connectivity index is 1.94. The van der Waals surface area contributed by atoms with Crippen LogP contribution in [0.3, 0.4) is 0 Å². The molecular weight excluding hydrogens is 306 g/mol. The summed E-state index contributed by atoms with van der Waals surface area (Å²) in [6.45, 7) is 6.87. The monoisotopic (exact) mass is 331 g/mol. The van der Waals surface area contributed by atoms with Crippen molar-refractivity contribution in [3.63, 3.8) is 0 Å². The SMILES string of the molecule is COc1cc([C@@]2(C)CCC(=O)NC2=O)ccc1N1CCNC[C@H]1C. The number of benzene rings is 1. The number of rotatable bonds is 3. The molecule has 0 aliphatic carbocycles. The van der Waals surface area contributed by atoms with Crippen molar-refractivity contribution in [1.29, 1.82) is 0 Å². The predicted octanol–water partition coefficient (Wildman–Crippen LogP) is 1.19. The van der Waals surface area contributed by atoms with Crippen LogP contribution in [0.5, 0.6) is 5.75 Å². The van der Waals surface area contributed by atoms with E-state index in [-0.39, 0.29) is 11.8 Å². The molecule has 130 valence electrons. The number of nitrogens with zero attached hydrogens (tertiary/aromatic N) is 1. The highest BCUT2D eigenvalue weighted by Crippen LogP contribution is 2.38. The molecular formula is C18H25N3O3. The van der Waals surface area contributed by atoms with Crippen LogP contribution in [0.4, 0.5) is 5.69 Å². The number of ether oxygens (including phenoxy) is 1. The maximum atomic E-state index is 12.4. The topological polar surface area (TPSA) is 70.7 Å². The minimum atomic E-state index is -0.700. The molecule has 0 spiro atoms. The molecule has 2 aliphatic heterocycles. The van der Waals surface area contributed by atoms with Crippen LogP contribution in [0.2, 0.25) is 0 Å². The number of methoxy groups -OCH3 is 1. The van der Waals surface area contributed by atoms with E-state index in [1.165, 1.54) is 0 Å². The summed E-state index contributed by atoms with van der Waals surface area (Å²) in [5, 5.41) is 5.84. The highest BCUT2D eigenvalue weighted by Gasteiger charge is 2.40. The number of carbonyl (C=O) groups is 2. The Labute approximate surface area is 142 Å². The molecule has 0 unspecified atom stereocenters. The lowest BCUT2D eigenvalue weighted by Gasteiger charge is -2.37. The second kappa shape index (κ2) is 6.43. The molecule has 1 aromatic rings. The third-order valence-corrected chi connectivity index (χ3v) is 5.23. The van der Waals surface area contributed by atoms with Gasteiger partial charge in [0.1, 0.15) is 5.75 Å². The standard InChI is InChI=1S/C18H25N3O3/c1-12-11-19-8-9-21(12)14-5-4-13(10-15(14)24-3)18(2)7-6-16(22)20-17(18)23/h4-5,10,12,19H,6-9,11H2,1-3H3,(H,20,22,23)/t12-,18-/m1/s1. The molecule has 1 aromatic carbocycles. The van der Waals surface area contributed by atoms with Gasteiger partial charge in [-0.05, 0) is 38.0 Å². The Morgan fingerprint density at radius 2 is 2.12 bits per heavy atom. The first-order valence-electron chi connectivity index (χ1n) is 8.46. The lowest BCUT2D eigenvalue weighted by atomic mass is 9.75. The van der Waals surface area contributed by atoms with Crippen molar-refractivity contribution in [2.45, 2.75) is 38.1 Å². The first kappa shape index (κ1) is 16.8. The van der Waals surface area contributed by atoms with Gasteiger partial charge in [0.15, 0.2) is 0 Å². The van der Waals surface area contributed by atoms with Crippen molar-refractivity contribution < 1.29 is 14.3 Å². The zero-order valence-electron chi connectivity index (χ0n) is 14.5. The molecule has 2 atom stereocenters. The van der Waals surface area contributed by atoms with E-state index in [2.05, 4.69) is 22.5 Å².